The highest BCUT2D eigenvalue weighted by Crippen LogP contribution is 2.32. The lowest BCUT2D eigenvalue weighted by molar-refractivity contribution is 0.143. The van der Waals surface area contributed by atoms with Gasteiger partial charge in [-0.2, -0.15) is 0 Å². The van der Waals surface area contributed by atoms with E-state index in [0.29, 0.717) is 37.5 Å². The molecule has 6 nitrogen and oxygen atoms in total. The number of pyridine rings is 1. The first-order valence-corrected chi connectivity index (χ1v) is 10.3. The second-order valence-corrected chi connectivity index (χ2v) is 7.44. The maximum atomic E-state index is 5.74. The lowest BCUT2D eigenvalue weighted by Crippen LogP contribution is -2.47. The Morgan fingerprint density at radius 2 is 2.03 bits per heavy atom. The number of piperidine rings is 1. The fourth-order valence-corrected chi connectivity index (χ4v) is 3.95. The molecule has 1 aliphatic rings. The van der Waals surface area contributed by atoms with Crippen LogP contribution in [0.15, 0.2) is 53.7 Å². The Morgan fingerprint density at radius 1 is 1.21 bits per heavy atom. The molecule has 0 spiro atoms. The lowest BCUT2D eigenvalue weighted by atomic mass is 9.82. The van der Waals surface area contributed by atoms with E-state index in [1.807, 2.05) is 19.2 Å². The van der Waals surface area contributed by atoms with E-state index in [-0.39, 0.29) is 0 Å². The predicted octanol–water partition coefficient (Wildman–Crippen LogP) is 3.31. The van der Waals surface area contributed by atoms with Gasteiger partial charge in [-0.3, -0.25) is 4.99 Å². The molecule has 6 heteroatoms. The molecule has 29 heavy (non-hydrogen) atoms. The van der Waals surface area contributed by atoms with Crippen LogP contribution in [-0.4, -0.2) is 56.3 Å². The van der Waals surface area contributed by atoms with Crippen molar-refractivity contribution in [3.8, 4) is 5.88 Å². The van der Waals surface area contributed by atoms with Gasteiger partial charge >= 0.3 is 0 Å². The number of rotatable bonds is 7. The number of hydrogen-bond acceptors (Lipinski definition) is 4. The molecule has 156 valence electrons. The summed E-state index contributed by atoms with van der Waals surface area (Å²) in [6, 6.07) is 14.8. The Kier molecular flexibility index (Phi) is 7.87. The Hall–Kier alpha value is -2.60. The second-order valence-electron chi connectivity index (χ2n) is 7.44. The van der Waals surface area contributed by atoms with E-state index in [0.717, 1.165) is 31.0 Å². The van der Waals surface area contributed by atoms with Crippen molar-refractivity contribution in [3.05, 3.63) is 59.8 Å². The molecule has 2 aromatic rings. The molecule has 0 saturated carbocycles. The zero-order valence-corrected chi connectivity index (χ0v) is 17.7. The topological polar surface area (TPSA) is 59.0 Å². The van der Waals surface area contributed by atoms with Crippen molar-refractivity contribution in [1.29, 1.82) is 0 Å². The smallest absolute Gasteiger partial charge is 0.218 e. The van der Waals surface area contributed by atoms with Gasteiger partial charge in [0.15, 0.2) is 5.96 Å². The second kappa shape index (κ2) is 10.8. The van der Waals surface area contributed by atoms with E-state index >= 15 is 0 Å². The Balaban J connectivity index is 1.58. The monoisotopic (exact) mass is 396 g/mol. The first-order valence-electron chi connectivity index (χ1n) is 10.3. The summed E-state index contributed by atoms with van der Waals surface area (Å²) in [6.45, 7) is 5.96. The first kappa shape index (κ1) is 21.1. The molecule has 1 aromatic heterocycles. The van der Waals surface area contributed by atoms with Gasteiger partial charge in [0.25, 0.3) is 0 Å². The predicted molar refractivity (Wildman–Crippen MR) is 116 cm³/mol. The molecule has 2 unspecified atom stereocenters. The minimum atomic E-state index is 0.486. The number of guanidine groups is 1. The van der Waals surface area contributed by atoms with Crippen molar-refractivity contribution < 1.29 is 9.47 Å². The third kappa shape index (κ3) is 5.70. The minimum Gasteiger partial charge on any atom is -0.475 e. The van der Waals surface area contributed by atoms with Crippen molar-refractivity contribution >= 4 is 5.96 Å². The van der Waals surface area contributed by atoms with Gasteiger partial charge in [-0.05, 0) is 29.9 Å². The Morgan fingerprint density at radius 3 is 2.76 bits per heavy atom. The van der Waals surface area contributed by atoms with E-state index in [4.69, 9.17) is 9.47 Å². The van der Waals surface area contributed by atoms with Crippen LogP contribution in [0.1, 0.15) is 30.4 Å². The molecule has 0 radical (unpaired) electrons. The van der Waals surface area contributed by atoms with Crippen LogP contribution in [0.5, 0.6) is 5.88 Å². The largest absolute Gasteiger partial charge is 0.475 e. The summed E-state index contributed by atoms with van der Waals surface area (Å²) in [5.74, 6) is 2.74. The van der Waals surface area contributed by atoms with E-state index in [1.165, 1.54) is 5.56 Å². The van der Waals surface area contributed by atoms with Crippen LogP contribution in [0.2, 0.25) is 0 Å². The number of aliphatic imine (C=N–C) groups is 1. The summed E-state index contributed by atoms with van der Waals surface area (Å²) in [4.78, 5) is 11.2. The highest BCUT2D eigenvalue weighted by molar-refractivity contribution is 5.80. The number of benzene rings is 1. The molecule has 0 bridgehead atoms. The van der Waals surface area contributed by atoms with Gasteiger partial charge in [0.1, 0.15) is 6.61 Å². The number of nitrogens with one attached hydrogen (secondary N) is 1. The molecule has 1 aliphatic heterocycles. The molecule has 1 fully saturated rings. The van der Waals surface area contributed by atoms with E-state index in [9.17, 15) is 0 Å². The number of aromatic nitrogens is 1. The molecule has 1 saturated heterocycles. The molecule has 0 amide bonds. The average molecular weight is 397 g/mol. The van der Waals surface area contributed by atoms with Crippen LogP contribution < -0.4 is 10.1 Å². The molecule has 0 aliphatic carbocycles. The van der Waals surface area contributed by atoms with Crippen molar-refractivity contribution in [2.45, 2.75) is 25.8 Å². The highest BCUT2D eigenvalue weighted by Gasteiger charge is 2.28. The number of ether oxygens (including phenoxy) is 2. The fourth-order valence-electron chi connectivity index (χ4n) is 3.95. The van der Waals surface area contributed by atoms with Crippen molar-refractivity contribution in [2.24, 2.45) is 10.9 Å². The number of methoxy groups -OCH3 is 1. The molecular formula is C23H32N4O2. The summed E-state index contributed by atoms with van der Waals surface area (Å²) in [5.41, 5.74) is 2.45. The minimum absolute atomic E-state index is 0.486. The maximum Gasteiger partial charge on any atom is 0.218 e. The third-order valence-electron chi connectivity index (χ3n) is 5.46. The van der Waals surface area contributed by atoms with Crippen molar-refractivity contribution in [2.75, 3.05) is 40.5 Å². The van der Waals surface area contributed by atoms with E-state index in [1.54, 1.807) is 13.3 Å². The number of likely N-dealkylation sites (tertiary alicyclic amines) is 1. The van der Waals surface area contributed by atoms with Gasteiger partial charge in [0.05, 0.1) is 6.61 Å². The van der Waals surface area contributed by atoms with Gasteiger partial charge in [-0.15, -0.1) is 0 Å². The molecular weight excluding hydrogens is 364 g/mol. The van der Waals surface area contributed by atoms with Gasteiger partial charge in [-0.1, -0.05) is 43.3 Å². The normalized spacial score (nSPS) is 19.8. The summed E-state index contributed by atoms with van der Waals surface area (Å²) >= 11 is 0. The van der Waals surface area contributed by atoms with Crippen LogP contribution in [0, 0.1) is 5.92 Å². The van der Waals surface area contributed by atoms with Gasteiger partial charge in [-0.25, -0.2) is 4.98 Å². The summed E-state index contributed by atoms with van der Waals surface area (Å²) in [7, 11) is 3.51. The van der Waals surface area contributed by atoms with Crippen LogP contribution in [0.4, 0.5) is 0 Å². The van der Waals surface area contributed by atoms with Gasteiger partial charge in [0.2, 0.25) is 5.88 Å². The van der Waals surface area contributed by atoms with Crippen molar-refractivity contribution in [1.82, 2.24) is 15.2 Å². The SMILES string of the molecule is CN=C(NCc1cccnc1OCCOC)N1CCC(c2ccccc2)C(C)C1. The van der Waals surface area contributed by atoms with Crippen LogP contribution >= 0.6 is 0 Å². The fraction of sp³-hybridized carbons (Fsp3) is 0.478. The zero-order valence-electron chi connectivity index (χ0n) is 17.7. The van der Waals surface area contributed by atoms with Crippen LogP contribution in [0.3, 0.4) is 0 Å². The van der Waals surface area contributed by atoms with Crippen LogP contribution in [-0.2, 0) is 11.3 Å². The summed E-state index contributed by atoms with van der Waals surface area (Å²) < 4.78 is 10.8. The first-order chi connectivity index (χ1) is 14.2. The average Bonchev–Trinajstić information content (AvgIpc) is 2.76. The van der Waals surface area contributed by atoms with Crippen LogP contribution in [0.25, 0.3) is 0 Å². The van der Waals surface area contributed by atoms with E-state index in [2.05, 4.69) is 57.4 Å². The zero-order chi connectivity index (χ0) is 20.5. The standard InChI is InChI=1S/C23H32N4O2/c1-18-17-27(13-11-21(18)19-8-5-4-6-9-19)23(24-2)26-16-20-10-7-12-25-22(20)29-15-14-28-3/h4-10,12,18,21H,11,13-17H2,1-3H3,(H,24,26). The Bertz CT molecular complexity index is 781. The molecule has 3 rings (SSSR count). The lowest BCUT2D eigenvalue weighted by Gasteiger charge is -2.39. The Labute approximate surface area is 174 Å². The number of nitrogens with zero attached hydrogens (tertiary/aromatic N) is 3. The molecule has 1 N–H and O–H groups in total. The number of hydrogen-bond donors (Lipinski definition) is 1. The maximum absolute atomic E-state index is 5.74. The summed E-state index contributed by atoms with van der Waals surface area (Å²) in [5, 5.41) is 3.49. The third-order valence-corrected chi connectivity index (χ3v) is 5.46. The van der Waals surface area contributed by atoms with Gasteiger partial charge < -0.3 is 19.7 Å². The molecule has 2 heterocycles. The van der Waals surface area contributed by atoms with Gasteiger partial charge in [0, 0.05) is 45.6 Å². The molecule has 1 aromatic carbocycles. The van der Waals surface area contributed by atoms with E-state index < -0.39 is 0 Å². The highest BCUT2D eigenvalue weighted by atomic mass is 16.5. The quantitative estimate of drug-likeness (QED) is 0.442. The molecule has 2 atom stereocenters. The van der Waals surface area contributed by atoms with Crippen molar-refractivity contribution in [3.63, 3.8) is 0 Å². The summed E-state index contributed by atoms with van der Waals surface area (Å²) in [6.07, 6.45) is 2.88.